The number of rotatable bonds is 7. The van der Waals surface area contributed by atoms with Gasteiger partial charge in [-0.2, -0.15) is 0 Å². The highest BCUT2D eigenvalue weighted by Crippen LogP contribution is 2.33. The first-order chi connectivity index (χ1) is 7.15. The van der Waals surface area contributed by atoms with E-state index in [4.69, 9.17) is 9.84 Å². The summed E-state index contributed by atoms with van der Waals surface area (Å²) >= 11 is 0. The fourth-order valence-corrected chi connectivity index (χ4v) is 1.65. The second-order valence-corrected chi connectivity index (χ2v) is 4.28. The quantitative estimate of drug-likeness (QED) is 0.484. The molecular formula is C11H21NO3. The zero-order chi connectivity index (χ0) is 11.3. The number of aliphatic hydroxyl groups is 1. The number of carbonyl (C=O) groups excluding carboxylic acids is 1. The molecule has 15 heavy (non-hydrogen) atoms. The van der Waals surface area contributed by atoms with Crippen LogP contribution in [0.3, 0.4) is 0 Å². The Morgan fingerprint density at radius 3 is 2.73 bits per heavy atom. The zero-order valence-electron chi connectivity index (χ0n) is 9.53. The Kier molecular flexibility index (Phi) is 5.05. The molecule has 1 fully saturated rings. The topological polar surface area (TPSA) is 58.6 Å². The van der Waals surface area contributed by atoms with E-state index in [2.05, 4.69) is 5.32 Å². The van der Waals surface area contributed by atoms with E-state index in [1.807, 2.05) is 0 Å². The van der Waals surface area contributed by atoms with Crippen LogP contribution in [0.2, 0.25) is 0 Å². The molecule has 88 valence electrons. The summed E-state index contributed by atoms with van der Waals surface area (Å²) < 4.78 is 4.74. The maximum absolute atomic E-state index is 11.4. The average molecular weight is 215 g/mol. The molecule has 0 aromatic heterocycles. The largest absolute Gasteiger partial charge is 0.468 e. The normalized spacial score (nSPS) is 19.7. The van der Waals surface area contributed by atoms with Crippen molar-refractivity contribution in [2.75, 3.05) is 13.7 Å². The first kappa shape index (κ1) is 12.5. The molecule has 0 amide bonds. The van der Waals surface area contributed by atoms with Crippen LogP contribution in [-0.2, 0) is 9.53 Å². The lowest BCUT2D eigenvalue weighted by Gasteiger charge is -2.15. The number of nitrogens with one attached hydrogen (secondary N) is 1. The lowest BCUT2D eigenvalue weighted by molar-refractivity contribution is -0.143. The molecule has 1 saturated carbocycles. The van der Waals surface area contributed by atoms with Crippen molar-refractivity contribution in [3.8, 4) is 0 Å². The molecule has 0 heterocycles. The van der Waals surface area contributed by atoms with E-state index in [0.29, 0.717) is 5.92 Å². The highest BCUT2D eigenvalue weighted by atomic mass is 16.5. The van der Waals surface area contributed by atoms with Crippen LogP contribution in [0.25, 0.3) is 0 Å². The van der Waals surface area contributed by atoms with E-state index in [1.54, 1.807) is 6.92 Å². The van der Waals surface area contributed by atoms with Crippen molar-refractivity contribution in [3.63, 3.8) is 0 Å². The van der Waals surface area contributed by atoms with Crippen molar-refractivity contribution in [2.24, 2.45) is 5.92 Å². The van der Waals surface area contributed by atoms with E-state index in [-0.39, 0.29) is 18.1 Å². The maximum Gasteiger partial charge on any atom is 0.323 e. The smallest absolute Gasteiger partial charge is 0.323 e. The van der Waals surface area contributed by atoms with Crippen LogP contribution in [-0.4, -0.2) is 36.9 Å². The summed E-state index contributed by atoms with van der Waals surface area (Å²) in [5, 5.41) is 12.3. The third kappa shape index (κ3) is 4.62. The first-order valence-corrected chi connectivity index (χ1v) is 5.64. The summed E-state index contributed by atoms with van der Waals surface area (Å²) in [6.07, 6.45) is 3.62. The van der Waals surface area contributed by atoms with Gasteiger partial charge in [-0.3, -0.25) is 4.79 Å². The molecule has 1 rings (SSSR count). The molecule has 0 bridgehead atoms. The second-order valence-electron chi connectivity index (χ2n) is 4.28. The van der Waals surface area contributed by atoms with Gasteiger partial charge in [-0.15, -0.1) is 0 Å². The predicted octanol–water partition coefficient (Wildman–Crippen LogP) is 0.689. The molecule has 4 heteroatoms. The average Bonchev–Trinajstić information content (AvgIpc) is 3.00. The molecule has 0 spiro atoms. The van der Waals surface area contributed by atoms with Gasteiger partial charge >= 0.3 is 5.97 Å². The molecule has 0 aromatic carbocycles. The van der Waals surface area contributed by atoms with Gasteiger partial charge in [-0.1, -0.05) is 0 Å². The van der Waals surface area contributed by atoms with Crippen molar-refractivity contribution >= 4 is 5.97 Å². The number of aliphatic hydroxyl groups excluding tert-OH is 1. The fourth-order valence-electron chi connectivity index (χ4n) is 1.65. The highest BCUT2D eigenvalue weighted by molar-refractivity contribution is 5.76. The summed E-state index contributed by atoms with van der Waals surface area (Å²) in [6, 6.07) is -0.135. The van der Waals surface area contributed by atoms with Gasteiger partial charge in [0, 0.05) is 0 Å². The standard InChI is InChI=1S/C11H21NO3/c1-8(13)4-3-7-12-10(9-5-6-9)11(14)15-2/h8-10,12-13H,3-7H2,1-2H3. The molecule has 0 saturated heterocycles. The molecule has 0 radical (unpaired) electrons. The highest BCUT2D eigenvalue weighted by Gasteiger charge is 2.36. The fraction of sp³-hybridized carbons (Fsp3) is 0.909. The van der Waals surface area contributed by atoms with Gasteiger partial charge in [-0.25, -0.2) is 0 Å². The van der Waals surface area contributed by atoms with Gasteiger partial charge in [0.25, 0.3) is 0 Å². The minimum atomic E-state index is -0.260. The van der Waals surface area contributed by atoms with E-state index < -0.39 is 0 Å². The minimum Gasteiger partial charge on any atom is -0.468 e. The number of esters is 1. The Hall–Kier alpha value is -0.610. The second kappa shape index (κ2) is 6.08. The first-order valence-electron chi connectivity index (χ1n) is 5.64. The van der Waals surface area contributed by atoms with Crippen LogP contribution in [0.5, 0.6) is 0 Å². The number of ether oxygens (including phenoxy) is 1. The molecule has 2 atom stereocenters. The van der Waals surface area contributed by atoms with Gasteiger partial charge in [-0.05, 0) is 45.1 Å². The van der Waals surface area contributed by atoms with E-state index in [0.717, 1.165) is 32.2 Å². The Balaban J connectivity index is 2.17. The van der Waals surface area contributed by atoms with Crippen LogP contribution in [0.15, 0.2) is 0 Å². The van der Waals surface area contributed by atoms with Gasteiger partial charge in [0.1, 0.15) is 6.04 Å². The molecule has 2 unspecified atom stereocenters. The Morgan fingerprint density at radius 1 is 1.60 bits per heavy atom. The molecule has 1 aliphatic rings. The third-order valence-corrected chi connectivity index (χ3v) is 2.71. The summed E-state index contributed by atoms with van der Waals surface area (Å²) in [5.41, 5.74) is 0. The predicted molar refractivity (Wildman–Crippen MR) is 57.4 cm³/mol. The lowest BCUT2D eigenvalue weighted by atomic mass is 10.1. The van der Waals surface area contributed by atoms with E-state index in [1.165, 1.54) is 7.11 Å². The van der Waals surface area contributed by atoms with Crippen LogP contribution < -0.4 is 5.32 Å². The minimum absolute atomic E-state index is 0.135. The monoisotopic (exact) mass is 215 g/mol. The number of methoxy groups -OCH3 is 1. The number of hydrogen-bond acceptors (Lipinski definition) is 4. The molecule has 2 N–H and O–H groups in total. The van der Waals surface area contributed by atoms with Crippen LogP contribution in [0.4, 0.5) is 0 Å². The summed E-state index contributed by atoms with van der Waals surface area (Å²) in [6.45, 7) is 2.54. The van der Waals surface area contributed by atoms with Gasteiger partial charge in [0.2, 0.25) is 0 Å². The third-order valence-electron chi connectivity index (χ3n) is 2.71. The van der Waals surface area contributed by atoms with Crippen molar-refractivity contribution in [1.29, 1.82) is 0 Å². The van der Waals surface area contributed by atoms with Gasteiger partial charge in [0.15, 0.2) is 0 Å². The van der Waals surface area contributed by atoms with E-state index in [9.17, 15) is 4.79 Å². The summed E-state index contributed by atoms with van der Waals surface area (Å²) in [5.74, 6) is 0.304. The molecule has 0 aliphatic heterocycles. The number of carbonyl (C=O) groups is 1. The summed E-state index contributed by atoms with van der Waals surface area (Å²) in [7, 11) is 1.43. The SMILES string of the molecule is COC(=O)C(NCCCC(C)O)C1CC1. The summed E-state index contributed by atoms with van der Waals surface area (Å²) in [4.78, 5) is 11.4. The van der Waals surface area contributed by atoms with Crippen LogP contribution >= 0.6 is 0 Å². The van der Waals surface area contributed by atoms with Gasteiger partial charge in [0.05, 0.1) is 13.2 Å². The van der Waals surface area contributed by atoms with Crippen LogP contribution in [0.1, 0.15) is 32.6 Å². The number of hydrogen-bond donors (Lipinski definition) is 2. The lowest BCUT2D eigenvalue weighted by Crippen LogP contribution is -2.40. The Morgan fingerprint density at radius 2 is 2.27 bits per heavy atom. The zero-order valence-corrected chi connectivity index (χ0v) is 9.53. The van der Waals surface area contributed by atoms with Crippen LogP contribution in [0, 0.1) is 5.92 Å². The molecule has 0 aromatic rings. The van der Waals surface area contributed by atoms with Crippen molar-refractivity contribution in [2.45, 2.75) is 44.8 Å². The van der Waals surface area contributed by atoms with Crippen molar-refractivity contribution in [1.82, 2.24) is 5.32 Å². The van der Waals surface area contributed by atoms with Crippen molar-refractivity contribution in [3.05, 3.63) is 0 Å². The maximum atomic E-state index is 11.4. The Labute approximate surface area is 91.0 Å². The molecule has 1 aliphatic carbocycles. The molecular weight excluding hydrogens is 194 g/mol. The van der Waals surface area contributed by atoms with Gasteiger partial charge < -0.3 is 15.2 Å². The molecule has 4 nitrogen and oxygen atoms in total. The Bertz CT molecular complexity index is 202. The van der Waals surface area contributed by atoms with Crippen molar-refractivity contribution < 1.29 is 14.6 Å². The van der Waals surface area contributed by atoms with E-state index >= 15 is 0 Å².